The van der Waals surface area contributed by atoms with Crippen molar-refractivity contribution in [3.05, 3.63) is 59.3 Å². The van der Waals surface area contributed by atoms with Gasteiger partial charge in [-0.25, -0.2) is 9.78 Å². The number of aromatic nitrogens is 4. The van der Waals surface area contributed by atoms with E-state index in [1.54, 1.807) is 30.1 Å². The van der Waals surface area contributed by atoms with Crippen LogP contribution >= 0.6 is 11.8 Å². The number of H-pyrrole nitrogens is 1. The van der Waals surface area contributed by atoms with E-state index in [0.29, 0.717) is 28.5 Å². The highest BCUT2D eigenvalue weighted by Crippen LogP contribution is 2.39. The van der Waals surface area contributed by atoms with E-state index >= 15 is 0 Å². The first kappa shape index (κ1) is 31.1. The minimum Gasteiger partial charge on any atom is -0.475 e. The number of benzene rings is 1. The largest absolute Gasteiger partial charge is 0.490 e. The molecule has 15 heteroatoms. The van der Waals surface area contributed by atoms with Gasteiger partial charge in [0.1, 0.15) is 5.82 Å². The number of hydrogen-bond acceptors (Lipinski definition) is 8. The molecule has 11 nitrogen and oxygen atoms in total. The number of carboxylic acids is 1. The summed E-state index contributed by atoms with van der Waals surface area (Å²) in [4.78, 5) is 42.4. The molecule has 1 aromatic carbocycles. The van der Waals surface area contributed by atoms with Crippen molar-refractivity contribution in [1.82, 2.24) is 19.7 Å². The van der Waals surface area contributed by atoms with Crippen LogP contribution in [0.3, 0.4) is 0 Å². The molecule has 1 saturated heterocycles. The Morgan fingerprint density at radius 3 is 2.52 bits per heavy atom. The zero-order valence-corrected chi connectivity index (χ0v) is 24.3. The summed E-state index contributed by atoms with van der Waals surface area (Å²) < 4.78 is 39.3. The van der Waals surface area contributed by atoms with Crippen LogP contribution in [0.15, 0.2) is 58.6 Å². The van der Waals surface area contributed by atoms with E-state index in [4.69, 9.17) is 14.6 Å². The number of nitrogens with one attached hydrogen (secondary N) is 3. The van der Waals surface area contributed by atoms with Crippen LogP contribution in [0, 0.1) is 5.92 Å². The van der Waals surface area contributed by atoms with Gasteiger partial charge in [-0.05, 0) is 44.1 Å². The fraction of sp³-hybridized carbons (Fsp3) is 0.345. The number of rotatable bonds is 7. The standard InChI is InChI=1S/C27H28N6O3S.C2HF3O2/c1-37-25-19(17-14-29-33(15-17)18-8-11-36-12-9-18)3-2-4-21(25)30-22-13-23(32-26(34)16-5-6-16)31-20-7-10-28-27(35)24(20)22;3-2(4,5)1(6)7/h2-4,7,10,13-16,18H,5-6,8-9,11-12H2,1H3,(H,28,35)(H2,30,31,32,34);(H,6,7). The maximum Gasteiger partial charge on any atom is 0.490 e. The number of ether oxygens (including phenoxy) is 1. The summed E-state index contributed by atoms with van der Waals surface area (Å²) >= 11 is 1.63. The van der Waals surface area contributed by atoms with Crippen molar-refractivity contribution < 1.29 is 32.6 Å². The number of carbonyl (C=O) groups is 2. The van der Waals surface area contributed by atoms with Crippen LogP contribution in [0.5, 0.6) is 0 Å². The molecule has 2 aliphatic rings. The number of thioether (sulfide) groups is 1. The number of anilines is 3. The van der Waals surface area contributed by atoms with E-state index in [9.17, 15) is 22.8 Å². The molecule has 0 unspecified atom stereocenters. The third kappa shape index (κ3) is 7.22. The number of fused-ring (bicyclic) bond motifs is 1. The van der Waals surface area contributed by atoms with E-state index in [1.807, 2.05) is 29.3 Å². The van der Waals surface area contributed by atoms with Crippen LogP contribution in [0.1, 0.15) is 31.7 Å². The first-order chi connectivity index (χ1) is 21.0. The van der Waals surface area contributed by atoms with Crippen LogP contribution in [0.2, 0.25) is 0 Å². The molecule has 44 heavy (non-hydrogen) atoms. The normalized spacial score (nSPS) is 15.4. The van der Waals surface area contributed by atoms with Gasteiger partial charge in [-0.2, -0.15) is 18.3 Å². The van der Waals surface area contributed by atoms with Crippen molar-refractivity contribution in [3.8, 4) is 11.1 Å². The predicted octanol–water partition coefficient (Wildman–Crippen LogP) is 5.59. The Bertz CT molecular complexity index is 1730. The molecule has 232 valence electrons. The molecule has 4 N–H and O–H groups in total. The Kier molecular flexibility index (Phi) is 9.25. The molecule has 0 spiro atoms. The van der Waals surface area contributed by atoms with E-state index in [2.05, 4.69) is 38.0 Å². The van der Waals surface area contributed by atoms with Gasteiger partial charge in [0.05, 0.1) is 34.5 Å². The molecule has 6 rings (SSSR count). The molecule has 1 aliphatic carbocycles. The predicted molar refractivity (Wildman–Crippen MR) is 159 cm³/mol. The molecule has 4 aromatic rings. The van der Waals surface area contributed by atoms with Crippen molar-refractivity contribution in [2.24, 2.45) is 5.92 Å². The smallest absolute Gasteiger partial charge is 0.475 e. The number of pyridine rings is 2. The summed E-state index contributed by atoms with van der Waals surface area (Å²) in [5.41, 5.74) is 3.81. The zero-order chi connectivity index (χ0) is 31.4. The molecule has 0 bridgehead atoms. The Morgan fingerprint density at radius 2 is 1.86 bits per heavy atom. The van der Waals surface area contributed by atoms with Gasteiger partial charge in [0.2, 0.25) is 5.91 Å². The summed E-state index contributed by atoms with van der Waals surface area (Å²) in [6, 6.07) is 9.89. The number of nitrogens with zero attached hydrogens (tertiary/aromatic N) is 3. The molecule has 0 radical (unpaired) electrons. The van der Waals surface area contributed by atoms with Crippen LogP contribution in [-0.4, -0.2) is 62.4 Å². The number of carboxylic acid groups (broad SMARTS) is 1. The number of alkyl halides is 3. The maximum absolute atomic E-state index is 12.8. The Balaban J connectivity index is 0.000000493. The van der Waals surface area contributed by atoms with Gasteiger partial charge in [0.15, 0.2) is 0 Å². The number of hydrogen-bond donors (Lipinski definition) is 4. The quantitative estimate of drug-likeness (QED) is 0.192. The highest BCUT2D eigenvalue weighted by Gasteiger charge is 2.38. The first-order valence-corrected chi connectivity index (χ1v) is 15.0. The third-order valence-electron chi connectivity index (χ3n) is 7.14. The van der Waals surface area contributed by atoms with Gasteiger partial charge in [-0.3, -0.25) is 14.3 Å². The lowest BCUT2D eigenvalue weighted by molar-refractivity contribution is -0.192. The Hall–Kier alpha value is -4.37. The van der Waals surface area contributed by atoms with Gasteiger partial charge in [-0.15, -0.1) is 11.8 Å². The average Bonchev–Trinajstić information content (AvgIpc) is 3.74. The monoisotopic (exact) mass is 630 g/mol. The second-order valence-electron chi connectivity index (χ2n) is 10.3. The topological polar surface area (TPSA) is 151 Å². The summed E-state index contributed by atoms with van der Waals surface area (Å²) in [6.07, 6.45) is 6.25. The Labute approximate surface area is 253 Å². The first-order valence-electron chi connectivity index (χ1n) is 13.7. The molecule has 1 amide bonds. The fourth-order valence-corrected chi connectivity index (χ4v) is 5.53. The van der Waals surface area contributed by atoms with Crippen molar-refractivity contribution in [2.75, 3.05) is 30.1 Å². The van der Waals surface area contributed by atoms with Gasteiger partial charge in [-0.1, -0.05) is 12.1 Å². The van der Waals surface area contributed by atoms with Gasteiger partial charge in [0.25, 0.3) is 5.56 Å². The lowest BCUT2D eigenvalue weighted by Gasteiger charge is -2.22. The fourth-order valence-electron chi connectivity index (χ4n) is 4.78. The van der Waals surface area contributed by atoms with Crippen LogP contribution < -0.4 is 16.2 Å². The minimum atomic E-state index is -5.08. The second kappa shape index (κ2) is 13.1. The number of aliphatic carboxylic acids is 1. The lowest BCUT2D eigenvalue weighted by Crippen LogP contribution is -2.21. The molecule has 3 aromatic heterocycles. The molecule has 1 saturated carbocycles. The summed E-state index contributed by atoms with van der Waals surface area (Å²) in [5, 5.41) is 18.6. The molecule has 2 fully saturated rings. The molecular formula is C29H29F3N6O5S. The Morgan fingerprint density at radius 1 is 1.14 bits per heavy atom. The number of halogens is 3. The van der Waals surface area contributed by atoms with E-state index in [0.717, 1.165) is 60.6 Å². The van der Waals surface area contributed by atoms with Gasteiger partial charge >= 0.3 is 12.1 Å². The molecule has 1 aliphatic heterocycles. The number of amides is 1. The third-order valence-corrected chi connectivity index (χ3v) is 7.99. The highest BCUT2D eigenvalue weighted by molar-refractivity contribution is 7.98. The lowest BCUT2D eigenvalue weighted by atomic mass is 10.1. The van der Waals surface area contributed by atoms with E-state index in [1.165, 1.54) is 0 Å². The molecule has 4 heterocycles. The van der Waals surface area contributed by atoms with Gasteiger partial charge < -0.3 is 25.5 Å². The van der Waals surface area contributed by atoms with Crippen molar-refractivity contribution >= 4 is 51.7 Å². The summed E-state index contributed by atoms with van der Waals surface area (Å²) in [7, 11) is 0. The van der Waals surface area contributed by atoms with Crippen LogP contribution in [0.4, 0.5) is 30.4 Å². The maximum atomic E-state index is 12.8. The van der Waals surface area contributed by atoms with E-state index in [-0.39, 0.29) is 17.4 Å². The summed E-state index contributed by atoms with van der Waals surface area (Å²) in [5.74, 6) is -2.31. The van der Waals surface area contributed by atoms with Gasteiger partial charge in [0, 0.05) is 53.6 Å². The van der Waals surface area contributed by atoms with Crippen molar-refractivity contribution in [3.63, 3.8) is 0 Å². The second-order valence-corrected chi connectivity index (χ2v) is 11.1. The SMILES string of the molecule is CSc1c(Nc2cc(NC(=O)C3CC3)nc3cc[nH]c(=O)c23)cccc1-c1cnn(C2CCOCC2)c1.O=C(O)C(F)(F)F. The van der Waals surface area contributed by atoms with Crippen LogP contribution in [0.25, 0.3) is 22.0 Å². The molecule has 0 atom stereocenters. The summed E-state index contributed by atoms with van der Waals surface area (Å²) in [6.45, 7) is 1.52. The van der Waals surface area contributed by atoms with E-state index < -0.39 is 12.1 Å². The van der Waals surface area contributed by atoms with Crippen molar-refractivity contribution in [2.45, 2.75) is 42.8 Å². The average molecular weight is 631 g/mol. The molecular weight excluding hydrogens is 601 g/mol. The highest BCUT2D eigenvalue weighted by atomic mass is 32.2. The minimum absolute atomic E-state index is 0.0315. The number of aromatic amines is 1. The van der Waals surface area contributed by atoms with Crippen LogP contribution in [-0.2, 0) is 14.3 Å². The number of carbonyl (C=O) groups excluding carboxylic acids is 1. The van der Waals surface area contributed by atoms with Crippen molar-refractivity contribution in [1.29, 1.82) is 0 Å². The zero-order valence-electron chi connectivity index (χ0n) is 23.5.